The molecule has 0 fully saturated rings. The van der Waals surface area contributed by atoms with Crippen molar-refractivity contribution in [3.05, 3.63) is 85.1 Å². The van der Waals surface area contributed by atoms with E-state index in [-0.39, 0.29) is 10.6 Å². The molecule has 0 radical (unpaired) electrons. The molecule has 0 N–H and O–H groups in total. The van der Waals surface area contributed by atoms with Crippen molar-refractivity contribution >= 4 is 20.9 Å². The van der Waals surface area contributed by atoms with Gasteiger partial charge < -0.3 is 8.92 Å². The molecule has 0 unspecified atom stereocenters. The lowest BCUT2D eigenvalue weighted by molar-refractivity contribution is 0.414. The van der Waals surface area contributed by atoms with E-state index in [0.29, 0.717) is 16.8 Å². The average molecular weight is 391 g/mol. The van der Waals surface area contributed by atoms with Crippen LogP contribution in [0.2, 0.25) is 0 Å². The Hall–Kier alpha value is -3.38. The minimum Gasteiger partial charge on any atom is -0.497 e. The molecule has 4 rings (SSSR count). The van der Waals surface area contributed by atoms with Crippen LogP contribution in [0.3, 0.4) is 0 Å². The Balaban J connectivity index is 1.86. The molecule has 0 aliphatic carbocycles. The SMILES string of the molecule is COc1ccc(S(=O)(=O)Oc2c(-c3ccccc3)ncc3ccccc23)cc1. The van der Waals surface area contributed by atoms with Gasteiger partial charge in [-0.2, -0.15) is 8.42 Å². The molecular formula is C22H17NO4S. The van der Waals surface area contributed by atoms with Gasteiger partial charge in [0.2, 0.25) is 0 Å². The molecule has 6 heteroatoms. The van der Waals surface area contributed by atoms with Crippen molar-refractivity contribution in [1.29, 1.82) is 0 Å². The van der Waals surface area contributed by atoms with Gasteiger partial charge >= 0.3 is 10.1 Å². The Morgan fingerprint density at radius 3 is 2.21 bits per heavy atom. The summed E-state index contributed by atoms with van der Waals surface area (Å²) in [6, 6.07) is 22.8. The number of aromatic nitrogens is 1. The molecule has 1 heterocycles. The van der Waals surface area contributed by atoms with Crippen LogP contribution < -0.4 is 8.92 Å². The van der Waals surface area contributed by atoms with Gasteiger partial charge in [0.1, 0.15) is 16.3 Å². The van der Waals surface area contributed by atoms with E-state index in [9.17, 15) is 8.42 Å². The smallest absolute Gasteiger partial charge is 0.339 e. The van der Waals surface area contributed by atoms with Crippen LogP contribution in [0.1, 0.15) is 0 Å². The molecule has 0 aliphatic heterocycles. The van der Waals surface area contributed by atoms with Crippen LogP contribution in [0.15, 0.2) is 90.0 Å². The van der Waals surface area contributed by atoms with Crippen molar-refractivity contribution in [2.75, 3.05) is 7.11 Å². The number of methoxy groups -OCH3 is 1. The van der Waals surface area contributed by atoms with E-state index in [1.165, 1.54) is 19.2 Å². The van der Waals surface area contributed by atoms with Crippen LogP contribution >= 0.6 is 0 Å². The van der Waals surface area contributed by atoms with Gasteiger partial charge in [-0.05, 0) is 24.3 Å². The summed E-state index contributed by atoms with van der Waals surface area (Å²) in [6.07, 6.45) is 1.71. The third kappa shape index (κ3) is 3.42. The Labute approximate surface area is 163 Å². The Morgan fingerprint density at radius 1 is 0.821 bits per heavy atom. The number of fused-ring (bicyclic) bond motifs is 1. The van der Waals surface area contributed by atoms with Gasteiger partial charge in [-0.25, -0.2) is 0 Å². The second-order valence-corrected chi connectivity index (χ2v) is 7.65. The van der Waals surface area contributed by atoms with Crippen molar-refractivity contribution in [3.63, 3.8) is 0 Å². The van der Waals surface area contributed by atoms with E-state index in [0.717, 1.165) is 10.9 Å². The molecule has 28 heavy (non-hydrogen) atoms. The van der Waals surface area contributed by atoms with Gasteiger partial charge in [0.05, 0.1) is 7.11 Å². The molecule has 1 aromatic heterocycles. The van der Waals surface area contributed by atoms with Gasteiger partial charge in [0.15, 0.2) is 5.75 Å². The predicted octanol–water partition coefficient (Wildman–Crippen LogP) is 4.68. The van der Waals surface area contributed by atoms with Crippen LogP contribution in [0.4, 0.5) is 0 Å². The fourth-order valence-corrected chi connectivity index (χ4v) is 3.88. The third-order valence-corrected chi connectivity index (χ3v) is 5.58. The lowest BCUT2D eigenvalue weighted by Crippen LogP contribution is -2.11. The molecule has 0 amide bonds. The quantitative estimate of drug-likeness (QED) is 0.462. The fraction of sp³-hybridized carbons (Fsp3) is 0.0455. The third-order valence-electron chi connectivity index (χ3n) is 4.34. The number of benzene rings is 3. The van der Waals surface area contributed by atoms with Crippen molar-refractivity contribution in [2.45, 2.75) is 4.90 Å². The summed E-state index contributed by atoms with van der Waals surface area (Å²) in [5.74, 6) is 0.774. The molecule has 0 aliphatic rings. The highest BCUT2D eigenvalue weighted by atomic mass is 32.2. The molecule has 140 valence electrons. The van der Waals surface area contributed by atoms with Crippen LogP contribution in [0.5, 0.6) is 11.5 Å². The van der Waals surface area contributed by atoms with Crippen LogP contribution in [-0.2, 0) is 10.1 Å². The zero-order valence-electron chi connectivity index (χ0n) is 15.1. The normalized spacial score (nSPS) is 11.3. The van der Waals surface area contributed by atoms with Gasteiger partial charge in [-0.3, -0.25) is 4.98 Å². The van der Waals surface area contributed by atoms with Crippen LogP contribution in [-0.4, -0.2) is 20.5 Å². The van der Waals surface area contributed by atoms with E-state index in [4.69, 9.17) is 8.92 Å². The molecule has 0 atom stereocenters. The van der Waals surface area contributed by atoms with E-state index >= 15 is 0 Å². The summed E-state index contributed by atoms with van der Waals surface area (Å²) in [6.45, 7) is 0. The first-order valence-electron chi connectivity index (χ1n) is 8.60. The van der Waals surface area contributed by atoms with Gasteiger partial charge in [-0.1, -0.05) is 54.6 Å². The number of ether oxygens (including phenoxy) is 1. The number of nitrogens with zero attached hydrogens (tertiary/aromatic N) is 1. The summed E-state index contributed by atoms with van der Waals surface area (Å²) in [5.41, 5.74) is 1.24. The maximum Gasteiger partial charge on any atom is 0.339 e. The van der Waals surface area contributed by atoms with E-state index in [1.807, 2.05) is 54.6 Å². The summed E-state index contributed by atoms with van der Waals surface area (Å²) in [7, 11) is -2.53. The molecule has 5 nitrogen and oxygen atoms in total. The summed E-state index contributed by atoms with van der Waals surface area (Å²) < 4.78 is 36.6. The molecule has 0 saturated heterocycles. The van der Waals surface area contributed by atoms with E-state index < -0.39 is 10.1 Å². The minimum absolute atomic E-state index is 0.0419. The summed E-state index contributed by atoms with van der Waals surface area (Å²) in [5, 5.41) is 1.47. The Morgan fingerprint density at radius 2 is 1.50 bits per heavy atom. The largest absolute Gasteiger partial charge is 0.497 e. The van der Waals surface area contributed by atoms with E-state index in [2.05, 4.69) is 4.98 Å². The number of rotatable bonds is 5. The lowest BCUT2D eigenvalue weighted by Gasteiger charge is -2.14. The van der Waals surface area contributed by atoms with Crippen molar-refractivity contribution < 1.29 is 17.3 Å². The highest BCUT2D eigenvalue weighted by Crippen LogP contribution is 2.36. The molecule has 4 aromatic rings. The van der Waals surface area contributed by atoms with Crippen molar-refractivity contribution in [1.82, 2.24) is 4.98 Å². The molecule has 0 bridgehead atoms. The van der Waals surface area contributed by atoms with Gasteiger partial charge in [-0.15, -0.1) is 0 Å². The maximum atomic E-state index is 12.9. The molecule has 0 spiro atoms. The first kappa shape index (κ1) is 18.0. The van der Waals surface area contributed by atoms with E-state index in [1.54, 1.807) is 18.3 Å². The fourth-order valence-electron chi connectivity index (χ4n) is 2.92. The Kier molecular flexibility index (Phi) is 4.71. The zero-order chi connectivity index (χ0) is 19.6. The second-order valence-electron chi connectivity index (χ2n) is 6.10. The number of pyridine rings is 1. The summed E-state index contributed by atoms with van der Waals surface area (Å²) >= 11 is 0. The standard InChI is InChI=1S/C22H17NO4S/c1-26-18-11-13-19(14-12-18)28(24,25)27-22-20-10-6-5-9-17(20)15-23-21(22)16-7-3-2-4-8-16/h2-15H,1H3. The number of hydrogen-bond donors (Lipinski definition) is 0. The average Bonchev–Trinajstić information content (AvgIpc) is 2.74. The predicted molar refractivity (Wildman–Crippen MR) is 108 cm³/mol. The van der Waals surface area contributed by atoms with Crippen molar-refractivity contribution in [3.8, 4) is 22.8 Å². The second kappa shape index (κ2) is 7.32. The Bertz CT molecular complexity index is 1220. The summed E-state index contributed by atoms with van der Waals surface area (Å²) in [4.78, 5) is 4.51. The first-order chi connectivity index (χ1) is 13.6. The number of hydrogen-bond acceptors (Lipinski definition) is 5. The van der Waals surface area contributed by atoms with Gasteiger partial charge in [0, 0.05) is 22.5 Å². The minimum atomic E-state index is -4.06. The highest BCUT2D eigenvalue weighted by molar-refractivity contribution is 7.87. The highest BCUT2D eigenvalue weighted by Gasteiger charge is 2.22. The topological polar surface area (TPSA) is 65.5 Å². The zero-order valence-corrected chi connectivity index (χ0v) is 15.9. The lowest BCUT2D eigenvalue weighted by atomic mass is 10.1. The maximum absolute atomic E-state index is 12.9. The van der Waals surface area contributed by atoms with Crippen molar-refractivity contribution in [2.24, 2.45) is 0 Å². The molecular weight excluding hydrogens is 374 g/mol. The van der Waals surface area contributed by atoms with Crippen LogP contribution in [0.25, 0.3) is 22.0 Å². The van der Waals surface area contributed by atoms with Gasteiger partial charge in [0.25, 0.3) is 0 Å². The first-order valence-corrected chi connectivity index (χ1v) is 10.0. The molecule has 3 aromatic carbocycles. The molecule has 0 saturated carbocycles. The van der Waals surface area contributed by atoms with Crippen LogP contribution in [0, 0.1) is 0 Å². The monoisotopic (exact) mass is 391 g/mol.